The van der Waals surface area contributed by atoms with Crippen LogP contribution in [0, 0.1) is 35.5 Å². The number of hydrogen-bond donors (Lipinski definition) is 0. The molecule has 0 spiro atoms. The Morgan fingerprint density at radius 3 is 2.07 bits per heavy atom. The van der Waals surface area contributed by atoms with Crippen LogP contribution in [0.15, 0.2) is 24.3 Å². The summed E-state index contributed by atoms with van der Waals surface area (Å²) in [6.45, 7) is 5.34. The highest BCUT2D eigenvalue weighted by Gasteiger charge is 2.30. The highest BCUT2D eigenvalue weighted by Crippen LogP contribution is 2.42. The molecule has 0 heterocycles. The molecule has 154 valence electrons. The van der Waals surface area contributed by atoms with Gasteiger partial charge in [0.05, 0.1) is 6.61 Å². The smallest absolute Gasteiger partial charge is 0.119 e. The number of rotatable bonds is 7. The topological polar surface area (TPSA) is 9.23 Å². The molecule has 1 heteroatoms. The van der Waals surface area contributed by atoms with Crippen LogP contribution in [-0.4, -0.2) is 6.61 Å². The maximum atomic E-state index is 5.74. The van der Waals surface area contributed by atoms with Gasteiger partial charge in [-0.05, 0) is 87.0 Å². The first-order chi connectivity index (χ1) is 13.8. The third kappa shape index (κ3) is 6.58. The molecule has 0 saturated heterocycles. The lowest BCUT2D eigenvalue weighted by molar-refractivity contribution is 0.154. The van der Waals surface area contributed by atoms with Gasteiger partial charge in [0, 0.05) is 11.5 Å². The molecule has 0 bridgehead atoms. The average Bonchev–Trinajstić information content (AvgIpc) is 2.75. The van der Waals surface area contributed by atoms with Crippen molar-refractivity contribution >= 4 is 0 Å². The summed E-state index contributed by atoms with van der Waals surface area (Å²) < 4.78 is 5.74. The van der Waals surface area contributed by atoms with Crippen molar-refractivity contribution in [1.82, 2.24) is 0 Å². The SMILES string of the molecule is CCCCOc1ccc(C#CC2CCC([C@H]3CC[C@H](CCC)CC3)CC2)cc1. The fraction of sp³-hybridized carbons (Fsp3) is 0.704. The van der Waals surface area contributed by atoms with E-state index in [1.807, 2.05) is 0 Å². The highest BCUT2D eigenvalue weighted by atomic mass is 16.5. The molecule has 1 aromatic rings. The Kier molecular flexibility index (Phi) is 8.78. The zero-order valence-electron chi connectivity index (χ0n) is 18.2. The molecule has 0 aromatic heterocycles. The van der Waals surface area contributed by atoms with E-state index < -0.39 is 0 Å². The third-order valence-corrected chi connectivity index (χ3v) is 7.07. The number of benzene rings is 1. The number of hydrogen-bond acceptors (Lipinski definition) is 1. The summed E-state index contributed by atoms with van der Waals surface area (Å²) >= 11 is 0. The maximum Gasteiger partial charge on any atom is 0.119 e. The van der Waals surface area contributed by atoms with Gasteiger partial charge in [0.1, 0.15) is 5.75 Å². The van der Waals surface area contributed by atoms with Gasteiger partial charge in [-0.1, -0.05) is 57.8 Å². The Balaban J connectivity index is 1.40. The Labute approximate surface area is 173 Å². The van der Waals surface area contributed by atoms with Gasteiger partial charge >= 0.3 is 0 Å². The second-order valence-corrected chi connectivity index (χ2v) is 9.18. The second kappa shape index (κ2) is 11.5. The summed E-state index contributed by atoms with van der Waals surface area (Å²) in [5, 5.41) is 0. The molecule has 2 fully saturated rings. The van der Waals surface area contributed by atoms with Crippen molar-refractivity contribution < 1.29 is 4.74 Å². The molecule has 28 heavy (non-hydrogen) atoms. The number of ether oxygens (including phenoxy) is 1. The molecule has 2 aliphatic carbocycles. The second-order valence-electron chi connectivity index (χ2n) is 9.18. The van der Waals surface area contributed by atoms with Crippen LogP contribution in [0.3, 0.4) is 0 Å². The quantitative estimate of drug-likeness (QED) is 0.349. The van der Waals surface area contributed by atoms with E-state index in [9.17, 15) is 0 Å². The van der Waals surface area contributed by atoms with Crippen LogP contribution in [0.2, 0.25) is 0 Å². The minimum Gasteiger partial charge on any atom is -0.494 e. The van der Waals surface area contributed by atoms with Gasteiger partial charge in [0.25, 0.3) is 0 Å². The van der Waals surface area contributed by atoms with Crippen molar-refractivity contribution in [3.8, 4) is 17.6 Å². The molecule has 0 amide bonds. The van der Waals surface area contributed by atoms with Gasteiger partial charge in [0.15, 0.2) is 0 Å². The van der Waals surface area contributed by atoms with E-state index in [4.69, 9.17) is 4.74 Å². The molecule has 0 unspecified atom stereocenters. The summed E-state index contributed by atoms with van der Waals surface area (Å²) in [6, 6.07) is 8.33. The zero-order chi connectivity index (χ0) is 19.6. The summed E-state index contributed by atoms with van der Waals surface area (Å²) in [7, 11) is 0. The van der Waals surface area contributed by atoms with E-state index in [1.54, 1.807) is 0 Å². The fourth-order valence-corrected chi connectivity index (χ4v) is 5.25. The Hall–Kier alpha value is -1.42. The van der Waals surface area contributed by atoms with E-state index in [1.165, 1.54) is 70.6 Å². The Morgan fingerprint density at radius 1 is 0.821 bits per heavy atom. The molecule has 0 N–H and O–H groups in total. The monoisotopic (exact) mass is 380 g/mol. The van der Waals surface area contributed by atoms with Crippen molar-refractivity contribution in [1.29, 1.82) is 0 Å². The predicted octanol–water partition coefficient (Wildman–Crippen LogP) is 7.63. The standard InChI is InChI=1S/C27H40O/c1-3-5-21-28-27-19-13-24(14-20-27)8-7-23-11-17-26(18-12-23)25-15-9-22(6-4-2)10-16-25/h13-14,19-20,22-23,25-26H,3-6,9-12,15-18,21H2,1-2H3/t22-,23?,25-,26?. The van der Waals surface area contributed by atoms with E-state index in [0.29, 0.717) is 5.92 Å². The van der Waals surface area contributed by atoms with Crippen LogP contribution in [0.4, 0.5) is 0 Å². The van der Waals surface area contributed by atoms with E-state index in [0.717, 1.165) is 42.1 Å². The minimum absolute atomic E-state index is 0.605. The van der Waals surface area contributed by atoms with Crippen molar-refractivity contribution in [2.45, 2.75) is 90.9 Å². The van der Waals surface area contributed by atoms with Crippen molar-refractivity contribution in [2.24, 2.45) is 23.7 Å². The molecule has 1 aromatic carbocycles. The van der Waals surface area contributed by atoms with Crippen molar-refractivity contribution in [3.05, 3.63) is 29.8 Å². The zero-order valence-corrected chi connectivity index (χ0v) is 18.2. The Bertz CT molecular complexity index is 604. The first-order valence-corrected chi connectivity index (χ1v) is 12.0. The maximum absolute atomic E-state index is 5.74. The molecule has 1 nitrogen and oxygen atoms in total. The van der Waals surface area contributed by atoms with Crippen LogP contribution >= 0.6 is 0 Å². The first kappa shape index (κ1) is 21.3. The van der Waals surface area contributed by atoms with Gasteiger partial charge in [-0.25, -0.2) is 0 Å². The van der Waals surface area contributed by atoms with Gasteiger partial charge in [-0.2, -0.15) is 0 Å². The Morgan fingerprint density at radius 2 is 1.46 bits per heavy atom. The molecular weight excluding hydrogens is 340 g/mol. The van der Waals surface area contributed by atoms with Crippen LogP contribution in [0.25, 0.3) is 0 Å². The van der Waals surface area contributed by atoms with Crippen LogP contribution in [-0.2, 0) is 0 Å². The van der Waals surface area contributed by atoms with E-state index in [2.05, 4.69) is 50.0 Å². The molecule has 0 radical (unpaired) electrons. The van der Waals surface area contributed by atoms with Gasteiger partial charge in [-0.15, -0.1) is 0 Å². The minimum atomic E-state index is 0.605. The van der Waals surface area contributed by atoms with Crippen LogP contribution in [0.5, 0.6) is 5.75 Å². The molecular formula is C27H40O. The van der Waals surface area contributed by atoms with Crippen molar-refractivity contribution in [3.63, 3.8) is 0 Å². The third-order valence-electron chi connectivity index (χ3n) is 7.07. The summed E-state index contributed by atoms with van der Waals surface area (Å²) in [4.78, 5) is 0. The van der Waals surface area contributed by atoms with Crippen molar-refractivity contribution in [2.75, 3.05) is 6.61 Å². The summed E-state index contributed by atoms with van der Waals surface area (Å²) in [6.07, 6.45) is 16.5. The molecule has 3 rings (SSSR count). The summed E-state index contributed by atoms with van der Waals surface area (Å²) in [5.41, 5.74) is 1.12. The first-order valence-electron chi connectivity index (χ1n) is 12.0. The predicted molar refractivity (Wildman–Crippen MR) is 120 cm³/mol. The van der Waals surface area contributed by atoms with E-state index in [-0.39, 0.29) is 0 Å². The van der Waals surface area contributed by atoms with Crippen LogP contribution < -0.4 is 4.74 Å². The molecule has 0 atom stereocenters. The van der Waals surface area contributed by atoms with Crippen LogP contribution in [0.1, 0.15) is 96.5 Å². The van der Waals surface area contributed by atoms with Gasteiger partial charge in [-0.3, -0.25) is 0 Å². The largest absolute Gasteiger partial charge is 0.494 e. The fourth-order valence-electron chi connectivity index (χ4n) is 5.25. The van der Waals surface area contributed by atoms with E-state index >= 15 is 0 Å². The van der Waals surface area contributed by atoms with Gasteiger partial charge in [0.2, 0.25) is 0 Å². The summed E-state index contributed by atoms with van der Waals surface area (Å²) in [5.74, 6) is 11.6. The lowest BCUT2D eigenvalue weighted by Crippen LogP contribution is -2.25. The highest BCUT2D eigenvalue weighted by molar-refractivity contribution is 5.38. The normalized spacial score (nSPS) is 27.6. The molecule has 2 saturated carbocycles. The molecule has 2 aliphatic rings. The lowest BCUT2D eigenvalue weighted by Gasteiger charge is -2.37. The average molecular weight is 381 g/mol. The molecule has 0 aliphatic heterocycles. The lowest BCUT2D eigenvalue weighted by atomic mass is 9.69. The van der Waals surface area contributed by atoms with Gasteiger partial charge < -0.3 is 4.74 Å². The number of unbranched alkanes of at least 4 members (excludes halogenated alkanes) is 1.